The largest absolute Gasteiger partial charge is 0.340 e. The molecule has 0 atom stereocenters. The SMILES string of the molecule is CC(C)c1nc(CC(=O)N2CCN(Cc3csc(-c4ccccc4)n3)CC2)cs1. The lowest BCUT2D eigenvalue weighted by molar-refractivity contribution is -0.132. The molecular formula is C22H26N4OS2. The highest BCUT2D eigenvalue weighted by Crippen LogP contribution is 2.24. The van der Waals surface area contributed by atoms with Crippen molar-refractivity contribution in [3.05, 3.63) is 57.5 Å². The average Bonchev–Trinajstić information content (AvgIpc) is 3.39. The number of aromatic nitrogens is 2. The van der Waals surface area contributed by atoms with Gasteiger partial charge in [0.15, 0.2) is 0 Å². The molecule has 29 heavy (non-hydrogen) atoms. The van der Waals surface area contributed by atoms with Crippen LogP contribution in [-0.4, -0.2) is 51.9 Å². The van der Waals surface area contributed by atoms with Gasteiger partial charge in [0.2, 0.25) is 5.91 Å². The zero-order chi connectivity index (χ0) is 20.2. The summed E-state index contributed by atoms with van der Waals surface area (Å²) in [5, 5.41) is 6.35. The molecule has 0 N–H and O–H groups in total. The first-order valence-corrected chi connectivity index (χ1v) is 11.8. The van der Waals surface area contributed by atoms with Gasteiger partial charge in [-0.3, -0.25) is 9.69 Å². The predicted molar refractivity (Wildman–Crippen MR) is 119 cm³/mol. The summed E-state index contributed by atoms with van der Waals surface area (Å²) in [6.07, 6.45) is 0.412. The van der Waals surface area contributed by atoms with Crippen LogP contribution in [0.1, 0.15) is 36.2 Å². The van der Waals surface area contributed by atoms with Gasteiger partial charge in [-0.2, -0.15) is 0 Å². The summed E-state index contributed by atoms with van der Waals surface area (Å²) in [6, 6.07) is 10.3. The molecule has 0 bridgehead atoms. The third-order valence-corrected chi connectivity index (χ3v) is 7.21. The summed E-state index contributed by atoms with van der Waals surface area (Å²) in [7, 11) is 0. The Labute approximate surface area is 180 Å². The van der Waals surface area contributed by atoms with Crippen molar-refractivity contribution in [3.63, 3.8) is 0 Å². The van der Waals surface area contributed by atoms with E-state index < -0.39 is 0 Å². The van der Waals surface area contributed by atoms with Gasteiger partial charge in [-0.1, -0.05) is 44.2 Å². The quantitative estimate of drug-likeness (QED) is 0.590. The summed E-state index contributed by atoms with van der Waals surface area (Å²) in [5.41, 5.74) is 3.18. The first-order chi connectivity index (χ1) is 14.1. The van der Waals surface area contributed by atoms with Crippen LogP contribution in [0.5, 0.6) is 0 Å². The smallest absolute Gasteiger partial charge is 0.228 e. The van der Waals surface area contributed by atoms with Crippen LogP contribution in [0, 0.1) is 0 Å². The van der Waals surface area contributed by atoms with Crippen molar-refractivity contribution in [1.82, 2.24) is 19.8 Å². The van der Waals surface area contributed by atoms with E-state index in [0.29, 0.717) is 12.3 Å². The monoisotopic (exact) mass is 426 g/mol. The van der Waals surface area contributed by atoms with Gasteiger partial charge >= 0.3 is 0 Å². The van der Waals surface area contributed by atoms with Crippen LogP contribution in [0.2, 0.25) is 0 Å². The summed E-state index contributed by atoms with van der Waals surface area (Å²) in [5.74, 6) is 0.603. The number of amides is 1. The molecule has 0 saturated carbocycles. The van der Waals surface area contributed by atoms with Crippen LogP contribution >= 0.6 is 22.7 Å². The van der Waals surface area contributed by atoms with E-state index in [2.05, 4.69) is 41.2 Å². The Morgan fingerprint density at radius 3 is 2.41 bits per heavy atom. The van der Waals surface area contributed by atoms with E-state index >= 15 is 0 Å². The van der Waals surface area contributed by atoms with Gasteiger partial charge < -0.3 is 4.90 Å². The maximum absolute atomic E-state index is 12.6. The molecule has 1 aliphatic heterocycles. The molecule has 1 amide bonds. The first kappa shape index (κ1) is 20.2. The zero-order valence-electron chi connectivity index (χ0n) is 16.9. The highest BCUT2D eigenvalue weighted by molar-refractivity contribution is 7.13. The van der Waals surface area contributed by atoms with E-state index in [1.54, 1.807) is 22.7 Å². The molecule has 1 aliphatic rings. The van der Waals surface area contributed by atoms with Crippen molar-refractivity contribution < 1.29 is 4.79 Å². The van der Waals surface area contributed by atoms with Gasteiger partial charge in [-0.05, 0) is 0 Å². The standard InChI is InChI=1S/C22H26N4OS2/c1-16(2)21-23-18(14-28-21)12-20(27)26-10-8-25(9-11-26)13-19-15-29-22(24-19)17-6-4-3-5-7-17/h3-7,14-16H,8-13H2,1-2H3. The molecule has 5 nitrogen and oxygen atoms in total. The Kier molecular flexibility index (Phi) is 6.37. The van der Waals surface area contributed by atoms with E-state index in [0.717, 1.165) is 54.1 Å². The zero-order valence-corrected chi connectivity index (χ0v) is 18.5. The normalized spacial score (nSPS) is 15.2. The molecular weight excluding hydrogens is 400 g/mol. The van der Waals surface area contributed by atoms with Crippen LogP contribution in [0.25, 0.3) is 10.6 Å². The number of hydrogen-bond acceptors (Lipinski definition) is 6. The van der Waals surface area contributed by atoms with E-state index in [4.69, 9.17) is 4.98 Å². The van der Waals surface area contributed by atoms with Crippen molar-refractivity contribution in [1.29, 1.82) is 0 Å². The molecule has 0 spiro atoms. The minimum Gasteiger partial charge on any atom is -0.340 e. The van der Waals surface area contributed by atoms with Crippen molar-refractivity contribution in [2.24, 2.45) is 0 Å². The minimum absolute atomic E-state index is 0.185. The summed E-state index contributed by atoms with van der Waals surface area (Å²) in [6.45, 7) is 8.43. The van der Waals surface area contributed by atoms with E-state index in [-0.39, 0.29) is 5.91 Å². The van der Waals surface area contributed by atoms with Crippen molar-refractivity contribution in [2.45, 2.75) is 32.7 Å². The molecule has 0 unspecified atom stereocenters. The summed E-state index contributed by atoms with van der Waals surface area (Å²) in [4.78, 5) is 26.4. The second-order valence-electron chi connectivity index (χ2n) is 7.68. The summed E-state index contributed by atoms with van der Waals surface area (Å²) < 4.78 is 0. The lowest BCUT2D eigenvalue weighted by atomic mass is 10.2. The molecule has 1 fully saturated rings. The third-order valence-electron chi connectivity index (χ3n) is 5.08. The number of carbonyl (C=O) groups excluding carboxylic acids is 1. The Balaban J connectivity index is 1.27. The fourth-order valence-corrected chi connectivity index (χ4v) is 5.07. The number of piperazine rings is 1. The van der Waals surface area contributed by atoms with Crippen LogP contribution in [-0.2, 0) is 17.8 Å². The Bertz CT molecular complexity index is 943. The number of benzene rings is 1. The Hall–Kier alpha value is -2.09. The number of rotatable bonds is 6. The maximum atomic E-state index is 12.6. The Morgan fingerprint density at radius 1 is 1.00 bits per heavy atom. The molecule has 3 aromatic rings. The van der Waals surface area contributed by atoms with Gasteiger partial charge in [0, 0.05) is 55.0 Å². The number of nitrogens with zero attached hydrogens (tertiary/aromatic N) is 4. The topological polar surface area (TPSA) is 49.3 Å². The average molecular weight is 427 g/mol. The van der Waals surface area contributed by atoms with Crippen LogP contribution in [0.15, 0.2) is 41.1 Å². The molecule has 1 saturated heterocycles. The van der Waals surface area contributed by atoms with Crippen LogP contribution in [0.3, 0.4) is 0 Å². The van der Waals surface area contributed by atoms with Crippen LogP contribution < -0.4 is 0 Å². The highest BCUT2D eigenvalue weighted by Gasteiger charge is 2.22. The van der Waals surface area contributed by atoms with Crippen molar-refractivity contribution >= 4 is 28.6 Å². The predicted octanol–water partition coefficient (Wildman–Crippen LogP) is 4.28. The van der Waals surface area contributed by atoms with E-state index in [1.807, 2.05) is 28.5 Å². The van der Waals surface area contributed by atoms with Gasteiger partial charge in [0.05, 0.1) is 22.8 Å². The minimum atomic E-state index is 0.185. The fourth-order valence-electron chi connectivity index (χ4n) is 3.41. The summed E-state index contributed by atoms with van der Waals surface area (Å²) >= 11 is 3.35. The van der Waals surface area contributed by atoms with Crippen molar-refractivity contribution in [3.8, 4) is 10.6 Å². The van der Waals surface area contributed by atoms with Gasteiger partial charge in [0.25, 0.3) is 0 Å². The second kappa shape index (κ2) is 9.15. The molecule has 0 aliphatic carbocycles. The maximum Gasteiger partial charge on any atom is 0.228 e. The number of carbonyl (C=O) groups is 1. The third kappa shape index (κ3) is 5.10. The second-order valence-corrected chi connectivity index (χ2v) is 9.42. The molecule has 152 valence electrons. The van der Waals surface area contributed by atoms with E-state index in [9.17, 15) is 4.79 Å². The van der Waals surface area contributed by atoms with Crippen molar-refractivity contribution in [2.75, 3.05) is 26.2 Å². The number of hydrogen-bond donors (Lipinski definition) is 0. The lowest BCUT2D eigenvalue weighted by Crippen LogP contribution is -2.48. The molecule has 4 rings (SSSR count). The van der Waals surface area contributed by atoms with Gasteiger partial charge in [0.1, 0.15) is 5.01 Å². The molecule has 0 radical (unpaired) electrons. The molecule has 7 heteroatoms. The molecule has 1 aromatic carbocycles. The fraction of sp³-hybridized carbons (Fsp3) is 0.409. The highest BCUT2D eigenvalue weighted by atomic mass is 32.1. The van der Waals surface area contributed by atoms with E-state index in [1.165, 1.54) is 5.56 Å². The Morgan fingerprint density at radius 2 is 1.72 bits per heavy atom. The molecule has 2 aromatic heterocycles. The lowest BCUT2D eigenvalue weighted by Gasteiger charge is -2.34. The van der Waals surface area contributed by atoms with Gasteiger partial charge in [-0.25, -0.2) is 9.97 Å². The van der Waals surface area contributed by atoms with Crippen LogP contribution in [0.4, 0.5) is 0 Å². The first-order valence-electron chi connectivity index (χ1n) is 10.0. The number of thiazole rings is 2. The van der Waals surface area contributed by atoms with Gasteiger partial charge in [-0.15, -0.1) is 22.7 Å². The molecule has 3 heterocycles.